The Hall–Kier alpha value is -2.79. The quantitative estimate of drug-likeness (QED) is 0.659. The zero-order valence-corrected chi connectivity index (χ0v) is 16.4. The molecule has 3 aromatic rings. The van der Waals surface area contributed by atoms with Crippen LogP contribution in [0.3, 0.4) is 0 Å². The highest BCUT2D eigenvalue weighted by Gasteiger charge is 2.16. The predicted octanol–water partition coefficient (Wildman–Crippen LogP) is 4.23. The van der Waals surface area contributed by atoms with Gasteiger partial charge < -0.3 is 19.9 Å². The van der Waals surface area contributed by atoms with Crippen LogP contribution >= 0.6 is 0 Å². The number of amides is 1. The molecular formula is C22H27N3O2. The van der Waals surface area contributed by atoms with Crippen molar-refractivity contribution >= 4 is 22.5 Å². The normalized spacial score (nSPS) is 11.1. The molecule has 0 unspecified atom stereocenters. The number of aromatic nitrogens is 1. The number of benzene rings is 2. The van der Waals surface area contributed by atoms with Crippen LogP contribution in [0.15, 0.2) is 42.5 Å². The van der Waals surface area contributed by atoms with Gasteiger partial charge in [0.05, 0.1) is 0 Å². The van der Waals surface area contributed by atoms with Crippen molar-refractivity contribution < 1.29 is 9.53 Å². The average molecular weight is 365 g/mol. The summed E-state index contributed by atoms with van der Waals surface area (Å²) in [7, 11) is 4.02. The molecule has 3 rings (SSSR count). The molecule has 27 heavy (non-hydrogen) atoms. The van der Waals surface area contributed by atoms with E-state index < -0.39 is 0 Å². The van der Waals surface area contributed by atoms with Gasteiger partial charge in [-0.15, -0.1) is 0 Å². The molecule has 142 valence electrons. The molecule has 1 amide bonds. The molecule has 1 aromatic heterocycles. The number of aryl methyl sites for hydroxylation is 2. The maximum absolute atomic E-state index is 12.8. The standard InChI is InChI=1S/C22H27N3O2/c1-5-18-19-14-15(2)6-11-20(19)24-21(18)22(26)23-16-7-9-17(10-8-16)27-13-12-25(3)4/h6-11,14,24H,5,12-13H2,1-4H3,(H,23,26). The lowest BCUT2D eigenvalue weighted by Gasteiger charge is -2.11. The fourth-order valence-electron chi connectivity index (χ4n) is 3.10. The van der Waals surface area contributed by atoms with E-state index in [2.05, 4.69) is 41.2 Å². The molecule has 0 atom stereocenters. The zero-order chi connectivity index (χ0) is 19.4. The first-order valence-corrected chi connectivity index (χ1v) is 9.28. The van der Waals surface area contributed by atoms with E-state index in [1.54, 1.807) is 0 Å². The predicted molar refractivity (Wildman–Crippen MR) is 111 cm³/mol. The number of nitrogens with zero attached hydrogens (tertiary/aromatic N) is 1. The Balaban J connectivity index is 1.73. The van der Waals surface area contributed by atoms with Crippen LogP contribution in [0.2, 0.25) is 0 Å². The van der Waals surface area contributed by atoms with Crippen LogP contribution in [-0.4, -0.2) is 43.0 Å². The van der Waals surface area contributed by atoms with Crippen LogP contribution < -0.4 is 10.1 Å². The van der Waals surface area contributed by atoms with Gasteiger partial charge in [0.25, 0.3) is 5.91 Å². The number of aromatic amines is 1. The minimum atomic E-state index is -0.123. The number of fused-ring (bicyclic) bond motifs is 1. The largest absolute Gasteiger partial charge is 0.492 e. The molecule has 0 fully saturated rings. The molecule has 2 aromatic carbocycles. The first kappa shape index (κ1) is 19.0. The number of hydrogen-bond donors (Lipinski definition) is 2. The number of carbonyl (C=O) groups is 1. The van der Waals surface area contributed by atoms with Crippen LogP contribution in [-0.2, 0) is 6.42 Å². The van der Waals surface area contributed by atoms with Crippen molar-refractivity contribution in [3.63, 3.8) is 0 Å². The fourth-order valence-corrected chi connectivity index (χ4v) is 3.10. The molecule has 0 radical (unpaired) electrons. The second-order valence-corrected chi connectivity index (χ2v) is 7.01. The minimum Gasteiger partial charge on any atom is -0.492 e. The van der Waals surface area contributed by atoms with E-state index in [-0.39, 0.29) is 5.91 Å². The van der Waals surface area contributed by atoms with Crippen LogP contribution in [0.1, 0.15) is 28.5 Å². The Morgan fingerprint density at radius 1 is 1.15 bits per heavy atom. The topological polar surface area (TPSA) is 57.4 Å². The number of likely N-dealkylation sites (N-methyl/N-ethyl adjacent to an activating group) is 1. The molecule has 0 aliphatic rings. The third kappa shape index (κ3) is 4.49. The molecule has 0 bridgehead atoms. The van der Waals surface area contributed by atoms with Gasteiger partial charge in [0.15, 0.2) is 0 Å². The van der Waals surface area contributed by atoms with E-state index >= 15 is 0 Å². The number of rotatable bonds is 7. The first-order chi connectivity index (χ1) is 13.0. The first-order valence-electron chi connectivity index (χ1n) is 9.28. The molecule has 0 aliphatic heterocycles. The summed E-state index contributed by atoms with van der Waals surface area (Å²) in [6, 6.07) is 13.7. The van der Waals surface area contributed by atoms with E-state index in [1.165, 1.54) is 5.56 Å². The molecule has 5 heteroatoms. The van der Waals surface area contributed by atoms with Gasteiger partial charge in [-0.05, 0) is 69.4 Å². The zero-order valence-electron chi connectivity index (χ0n) is 16.4. The summed E-state index contributed by atoms with van der Waals surface area (Å²) in [5.74, 6) is 0.673. The number of hydrogen-bond acceptors (Lipinski definition) is 3. The average Bonchev–Trinajstić information content (AvgIpc) is 3.00. The monoisotopic (exact) mass is 365 g/mol. The third-order valence-electron chi connectivity index (χ3n) is 4.56. The van der Waals surface area contributed by atoms with Crippen LogP contribution in [0.4, 0.5) is 5.69 Å². The number of carbonyl (C=O) groups excluding carboxylic acids is 1. The Labute approximate surface area is 160 Å². The summed E-state index contributed by atoms with van der Waals surface area (Å²) in [5, 5.41) is 4.09. The third-order valence-corrected chi connectivity index (χ3v) is 4.56. The molecule has 0 saturated heterocycles. The molecule has 1 heterocycles. The summed E-state index contributed by atoms with van der Waals surface area (Å²) in [4.78, 5) is 18.1. The van der Waals surface area contributed by atoms with Crippen molar-refractivity contribution in [2.24, 2.45) is 0 Å². The SMILES string of the molecule is CCc1c(C(=O)Nc2ccc(OCCN(C)C)cc2)[nH]c2ccc(C)cc12. The molecule has 0 spiro atoms. The van der Waals surface area contributed by atoms with Gasteiger partial charge in [-0.2, -0.15) is 0 Å². The van der Waals surface area contributed by atoms with E-state index in [1.807, 2.05) is 44.4 Å². The van der Waals surface area contributed by atoms with Gasteiger partial charge in [-0.3, -0.25) is 4.79 Å². The van der Waals surface area contributed by atoms with Gasteiger partial charge in [-0.25, -0.2) is 0 Å². The van der Waals surface area contributed by atoms with E-state index in [0.29, 0.717) is 12.3 Å². The van der Waals surface area contributed by atoms with Crippen molar-refractivity contribution in [3.8, 4) is 5.75 Å². The highest BCUT2D eigenvalue weighted by atomic mass is 16.5. The lowest BCUT2D eigenvalue weighted by Crippen LogP contribution is -2.19. The highest BCUT2D eigenvalue weighted by molar-refractivity contribution is 6.08. The highest BCUT2D eigenvalue weighted by Crippen LogP contribution is 2.25. The maximum atomic E-state index is 12.8. The number of ether oxygens (including phenoxy) is 1. The summed E-state index contributed by atoms with van der Waals surface area (Å²) >= 11 is 0. The van der Waals surface area contributed by atoms with Gasteiger partial charge in [0.2, 0.25) is 0 Å². The van der Waals surface area contributed by atoms with E-state index in [4.69, 9.17) is 4.74 Å². The summed E-state index contributed by atoms with van der Waals surface area (Å²) in [6.07, 6.45) is 0.796. The van der Waals surface area contributed by atoms with Crippen molar-refractivity contribution in [3.05, 3.63) is 59.3 Å². The number of nitrogens with one attached hydrogen (secondary N) is 2. The van der Waals surface area contributed by atoms with Crippen LogP contribution in [0.5, 0.6) is 5.75 Å². The fraction of sp³-hybridized carbons (Fsp3) is 0.318. The van der Waals surface area contributed by atoms with Crippen molar-refractivity contribution in [1.82, 2.24) is 9.88 Å². The Morgan fingerprint density at radius 2 is 1.89 bits per heavy atom. The van der Waals surface area contributed by atoms with Gasteiger partial charge in [0.1, 0.15) is 18.1 Å². The maximum Gasteiger partial charge on any atom is 0.272 e. The number of H-pyrrole nitrogens is 1. The Kier molecular flexibility index (Phi) is 5.81. The Morgan fingerprint density at radius 3 is 2.56 bits per heavy atom. The van der Waals surface area contributed by atoms with Crippen molar-refractivity contribution in [2.75, 3.05) is 32.6 Å². The van der Waals surface area contributed by atoms with Crippen molar-refractivity contribution in [2.45, 2.75) is 20.3 Å². The summed E-state index contributed by atoms with van der Waals surface area (Å²) < 4.78 is 5.69. The summed E-state index contributed by atoms with van der Waals surface area (Å²) in [5.41, 5.74) is 4.61. The molecular weight excluding hydrogens is 338 g/mol. The summed E-state index contributed by atoms with van der Waals surface area (Å²) in [6.45, 7) is 5.63. The number of anilines is 1. The van der Waals surface area contributed by atoms with Gasteiger partial charge in [0, 0.05) is 23.1 Å². The smallest absolute Gasteiger partial charge is 0.272 e. The second-order valence-electron chi connectivity index (χ2n) is 7.01. The second kappa shape index (κ2) is 8.27. The Bertz CT molecular complexity index is 927. The van der Waals surface area contributed by atoms with Crippen molar-refractivity contribution in [1.29, 1.82) is 0 Å². The minimum absolute atomic E-state index is 0.123. The van der Waals surface area contributed by atoms with E-state index in [9.17, 15) is 4.79 Å². The lowest BCUT2D eigenvalue weighted by atomic mass is 10.1. The van der Waals surface area contributed by atoms with E-state index in [0.717, 1.165) is 40.9 Å². The van der Waals surface area contributed by atoms with Crippen LogP contribution in [0.25, 0.3) is 10.9 Å². The van der Waals surface area contributed by atoms with Crippen LogP contribution in [0, 0.1) is 6.92 Å². The molecule has 5 nitrogen and oxygen atoms in total. The molecule has 2 N–H and O–H groups in total. The van der Waals surface area contributed by atoms with Gasteiger partial charge >= 0.3 is 0 Å². The molecule has 0 saturated carbocycles. The van der Waals surface area contributed by atoms with Gasteiger partial charge in [-0.1, -0.05) is 18.6 Å². The molecule has 0 aliphatic carbocycles. The lowest BCUT2D eigenvalue weighted by molar-refractivity contribution is 0.102.